The highest BCUT2D eigenvalue weighted by Gasteiger charge is 2.26. The molecule has 0 unspecified atom stereocenters. The Morgan fingerprint density at radius 2 is 1.78 bits per heavy atom. The molecular formula is C29H38F2N4O. The predicted molar refractivity (Wildman–Crippen MR) is 138 cm³/mol. The molecule has 1 aromatic carbocycles. The van der Waals surface area contributed by atoms with Crippen molar-refractivity contribution in [3.8, 4) is 0 Å². The molecule has 0 aliphatic carbocycles. The molecular weight excluding hydrogens is 458 g/mol. The number of hydrogen-bond donors (Lipinski definition) is 1. The predicted octanol–water partition coefficient (Wildman–Crippen LogP) is 5.10. The minimum Gasteiger partial charge on any atom is -0.375 e. The standard InChI is InChI=1S/C29H38F2N4O/c1-2-3-12-35-18-22-17-33-11-6-25(22)26(19-35)21-15-28(30)27(29(31)16-21)20-34-13-7-24(8-14-34)36-23-4-9-32-10-5-23/h6,11,15-17,19,23-24,32H,2-5,7-10,12-14,18,20H2,1H3. The molecule has 0 bridgehead atoms. The molecule has 4 heterocycles. The highest BCUT2D eigenvalue weighted by Crippen LogP contribution is 2.33. The fourth-order valence-electron chi connectivity index (χ4n) is 5.61. The van der Waals surface area contributed by atoms with Gasteiger partial charge in [0, 0.05) is 62.5 Å². The minimum absolute atomic E-state index is 0.158. The van der Waals surface area contributed by atoms with Crippen molar-refractivity contribution in [3.05, 3.63) is 70.7 Å². The molecule has 2 aromatic rings. The number of halogens is 2. The quantitative estimate of drug-likeness (QED) is 0.551. The van der Waals surface area contributed by atoms with Gasteiger partial charge in [0.1, 0.15) is 11.6 Å². The van der Waals surface area contributed by atoms with E-state index in [0.29, 0.717) is 18.2 Å². The zero-order chi connectivity index (χ0) is 24.9. The normalized spacial score (nSPS) is 19.9. The van der Waals surface area contributed by atoms with Gasteiger partial charge in [-0.1, -0.05) is 13.3 Å². The number of fused-ring (bicyclic) bond motifs is 1. The third kappa shape index (κ3) is 5.96. The van der Waals surface area contributed by atoms with Gasteiger partial charge < -0.3 is 15.0 Å². The highest BCUT2D eigenvalue weighted by molar-refractivity contribution is 5.82. The van der Waals surface area contributed by atoms with Crippen LogP contribution in [0.3, 0.4) is 0 Å². The van der Waals surface area contributed by atoms with Crippen molar-refractivity contribution in [3.63, 3.8) is 0 Å². The van der Waals surface area contributed by atoms with Crippen LogP contribution in [0.4, 0.5) is 8.78 Å². The fourth-order valence-corrected chi connectivity index (χ4v) is 5.61. The van der Waals surface area contributed by atoms with Gasteiger partial charge in [0.15, 0.2) is 0 Å². The number of nitrogens with one attached hydrogen (secondary N) is 1. The van der Waals surface area contributed by atoms with Crippen molar-refractivity contribution >= 4 is 5.57 Å². The van der Waals surface area contributed by atoms with E-state index in [2.05, 4.69) is 33.2 Å². The van der Waals surface area contributed by atoms with Crippen molar-refractivity contribution in [2.45, 2.75) is 70.7 Å². The van der Waals surface area contributed by atoms with E-state index in [9.17, 15) is 0 Å². The molecule has 2 fully saturated rings. The summed E-state index contributed by atoms with van der Waals surface area (Å²) in [5, 5.41) is 3.37. The van der Waals surface area contributed by atoms with Crippen LogP contribution in [0.15, 0.2) is 36.8 Å². The summed E-state index contributed by atoms with van der Waals surface area (Å²) in [4.78, 5) is 8.65. The minimum atomic E-state index is -0.472. The van der Waals surface area contributed by atoms with Crippen LogP contribution in [-0.2, 0) is 17.8 Å². The van der Waals surface area contributed by atoms with Gasteiger partial charge in [-0.2, -0.15) is 0 Å². The van der Waals surface area contributed by atoms with Crippen LogP contribution in [0.5, 0.6) is 0 Å². The van der Waals surface area contributed by atoms with Crippen molar-refractivity contribution in [1.82, 2.24) is 20.1 Å². The van der Waals surface area contributed by atoms with E-state index >= 15 is 8.78 Å². The van der Waals surface area contributed by atoms with Crippen LogP contribution in [-0.4, -0.2) is 59.7 Å². The molecule has 0 atom stereocenters. The molecule has 0 amide bonds. The number of piperidine rings is 2. The molecule has 7 heteroatoms. The van der Waals surface area contributed by atoms with Gasteiger partial charge in [0.2, 0.25) is 0 Å². The molecule has 0 saturated carbocycles. The molecule has 0 radical (unpaired) electrons. The smallest absolute Gasteiger partial charge is 0.131 e. The van der Waals surface area contributed by atoms with E-state index in [-0.39, 0.29) is 11.7 Å². The Bertz CT molecular complexity index is 1040. The van der Waals surface area contributed by atoms with Gasteiger partial charge in [-0.25, -0.2) is 8.78 Å². The number of hydrogen-bond acceptors (Lipinski definition) is 5. The van der Waals surface area contributed by atoms with Crippen LogP contribution in [0, 0.1) is 11.6 Å². The summed E-state index contributed by atoms with van der Waals surface area (Å²) < 4.78 is 37.0. The summed E-state index contributed by atoms with van der Waals surface area (Å²) >= 11 is 0. The molecule has 194 valence electrons. The Morgan fingerprint density at radius 1 is 1.06 bits per heavy atom. The maximum atomic E-state index is 15.3. The Balaban J connectivity index is 1.27. The second-order valence-corrected chi connectivity index (χ2v) is 10.4. The number of aromatic nitrogens is 1. The largest absolute Gasteiger partial charge is 0.375 e. The van der Waals surface area contributed by atoms with Gasteiger partial charge in [0.05, 0.1) is 12.2 Å². The number of ether oxygens (including phenoxy) is 1. The Labute approximate surface area is 213 Å². The molecule has 3 aliphatic heterocycles. The SMILES string of the molecule is CCCCN1C=C(c2cc(F)c(CN3CCC(OC4CCNCC4)CC3)c(F)c2)c2ccncc2C1. The fraction of sp³-hybridized carbons (Fsp3) is 0.552. The molecule has 3 aliphatic rings. The van der Waals surface area contributed by atoms with Gasteiger partial charge in [-0.15, -0.1) is 0 Å². The summed E-state index contributed by atoms with van der Waals surface area (Å²) in [6, 6.07) is 4.95. The van der Waals surface area contributed by atoms with Gasteiger partial charge >= 0.3 is 0 Å². The van der Waals surface area contributed by atoms with Crippen molar-refractivity contribution in [2.75, 3.05) is 32.7 Å². The average molecular weight is 497 g/mol. The van der Waals surface area contributed by atoms with E-state index in [4.69, 9.17) is 4.74 Å². The number of likely N-dealkylation sites (tertiary alicyclic amines) is 1. The molecule has 5 rings (SSSR count). The number of unbranched alkanes of at least 4 members (excludes halogenated alkanes) is 1. The van der Waals surface area contributed by atoms with Crippen LogP contribution in [0.1, 0.15) is 67.7 Å². The second-order valence-electron chi connectivity index (χ2n) is 10.4. The van der Waals surface area contributed by atoms with E-state index < -0.39 is 11.6 Å². The lowest BCUT2D eigenvalue weighted by molar-refractivity contribution is -0.0540. The molecule has 1 N–H and O–H groups in total. The second kappa shape index (κ2) is 11.8. The van der Waals surface area contributed by atoms with Gasteiger partial charge in [-0.05, 0) is 80.1 Å². The zero-order valence-electron chi connectivity index (χ0n) is 21.3. The summed E-state index contributed by atoms with van der Waals surface area (Å²) in [5.74, 6) is -0.944. The van der Waals surface area contributed by atoms with Crippen molar-refractivity contribution in [1.29, 1.82) is 0 Å². The number of benzene rings is 1. The number of nitrogens with zero attached hydrogens (tertiary/aromatic N) is 3. The lowest BCUT2D eigenvalue weighted by Crippen LogP contribution is -2.40. The molecule has 5 nitrogen and oxygen atoms in total. The maximum absolute atomic E-state index is 15.3. The van der Waals surface area contributed by atoms with Crippen molar-refractivity contribution in [2.24, 2.45) is 0 Å². The van der Waals surface area contributed by atoms with Gasteiger partial charge in [0.25, 0.3) is 0 Å². The summed E-state index contributed by atoms with van der Waals surface area (Å²) in [6.45, 7) is 7.78. The molecule has 1 aromatic heterocycles. The Hall–Kier alpha value is -2.35. The lowest BCUT2D eigenvalue weighted by Gasteiger charge is -2.35. The van der Waals surface area contributed by atoms with Crippen LogP contribution in [0.25, 0.3) is 5.57 Å². The first-order valence-electron chi connectivity index (χ1n) is 13.6. The van der Waals surface area contributed by atoms with E-state index in [1.807, 2.05) is 12.3 Å². The first kappa shape index (κ1) is 25.3. The third-order valence-electron chi connectivity index (χ3n) is 7.72. The number of rotatable bonds is 8. The Kier molecular flexibility index (Phi) is 8.29. The molecule has 2 saturated heterocycles. The Morgan fingerprint density at radius 3 is 2.50 bits per heavy atom. The number of pyridine rings is 1. The zero-order valence-corrected chi connectivity index (χ0v) is 21.3. The lowest BCUT2D eigenvalue weighted by atomic mass is 9.92. The average Bonchev–Trinajstić information content (AvgIpc) is 2.90. The van der Waals surface area contributed by atoms with Crippen LogP contribution < -0.4 is 5.32 Å². The third-order valence-corrected chi connectivity index (χ3v) is 7.72. The van der Waals surface area contributed by atoms with Crippen LogP contribution >= 0.6 is 0 Å². The van der Waals surface area contributed by atoms with E-state index in [0.717, 1.165) is 94.5 Å². The van der Waals surface area contributed by atoms with E-state index in [1.54, 1.807) is 6.20 Å². The van der Waals surface area contributed by atoms with Gasteiger partial charge in [-0.3, -0.25) is 9.88 Å². The first-order chi connectivity index (χ1) is 17.6. The topological polar surface area (TPSA) is 40.6 Å². The van der Waals surface area contributed by atoms with E-state index in [1.165, 1.54) is 12.1 Å². The molecule has 0 spiro atoms. The first-order valence-corrected chi connectivity index (χ1v) is 13.6. The van der Waals surface area contributed by atoms with Crippen LogP contribution in [0.2, 0.25) is 0 Å². The highest BCUT2D eigenvalue weighted by atomic mass is 19.1. The van der Waals surface area contributed by atoms with Crippen molar-refractivity contribution < 1.29 is 13.5 Å². The summed E-state index contributed by atoms with van der Waals surface area (Å²) in [5.41, 5.74) is 3.68. The monoisotopic (exact) mass is 496 g/mol. The molecule has 36 heavy (non-hydrogen) atoms. The summed E-state index contributed by atoms with van der Waals surface area (Å²) in [7, 11) is 0. The summed E-state index contributed by atoms with van der Waals surface area (Å²) in [6.07, 6.45) is 12.4. The maximum Gasteiger partial charge on any atom is 0.131 e.